The van der Waals surface area contributed by atoms with Crippen molar-refractivity contribution in [3.63, 3.8) is 0 Å². The van der Waals surface area contributed by atoms with Gasteiger partial charge in [0.1, 0.15) is 10.3 Å². The molecule has 1 saturated heterocycles. The second-order valence-electron chi connectivity index (χ2n) is 7.67. The molecule has 2 aromatic heterocycles. The van der Waals surface area contributed by atoms with E-state index in [2.05, 4.69) is 20.2 Å². The first-order valence-corrected chi connectivity index (χ1v) is 11.3. The van der Waals surface area contributed by atoms with Gasteiger partial charge in [0.15, 0.2) is 5.13 Å². The Hall–Kier alpha value is -3.21. The highest BCUT2D eigenvalue weighted by atomic mass is 32.1. The number of thiazole rings is 1. The van der Waals surface area contributed by atoms with Gasteiger partial charge in [-0.2, -0.15) is 13.2 Å². The molecule has 1 N–H and O–H groups in total. The summed E-state index contributed by atoms with van der Waals surface area (Å²) < 4.78 is 38.4. The number of carbonyl (C=O) groups excluding carboxylic acids is 2. The number of anilines is 2. The van der Waals surface area contributed by atoms with E-state index in [1.165, 1.54) is 23.5 Å². The van der Waals surface area contributed by atoms with Gasteiger partial charge in [-0.15, -0.1) is 0 Å². The summed E-state index contributed by atoms with van der Waals surface area (Å²) in [5.74, 6) is -0.650. The van der Waals surface area contributed by atoms with Crippen LogP contribution in [0.25, 0.3) is 10.3 Å². The number of nitrogens with zero attached hydrogens (tertiary/aromatic N) is 4. The summed E-state index contributed by atoms with van der Waals surface area (Å²) in [6.07, 6.45) is -2.09. The van der Waals surface area contributed by atoms with Crippen molar-refractivity contribution < 1.29 is 22.8 Å². The summed E-state index contributed by atoms with van der Waals surface area (Å²) in [5, 5.41) is 3.31. The zero-order chi connectivity index (χ0) is 23.4. The predicted molar refractivity (Wildman–Crippen MR) is 120 cm³/mol. The van der Waals surface area contributed by atoms with Gasteiger partial charge >= 0.3 is 6.18 Å². The number of benzene rings is 1. The number of nitrogens with one attached hydrogen (secondary N) is 1. The lowest BCUT2D eigenvalue weighted by molar-refractivity contribution is -0.137. The third kappa shape index (κ3) is 5.78. The van der Waals surface area contributed by atoms with Crippen LogP contribution in [0.1, 0.15) is 24.8 Å². The molecule has 4 rings (SSSR count). The van der Waals surface area contributed by atoms with Crippen molar-refractivity contribution in [3.05, 3.63) is 48.2 Å². The van der Waals surface area contributed by atoms with Crippen LogP contribution in [0.15, 0.2) is 42.6 Å². The number of pyridine rings is 1. The SMILES string of the molecule is O=C(CCC(=O)N1CCCN(c2nc3cccnc3s2)CC1)Nc1cccc(C(F)(F)F)c1. The van der Waals surface area contributed by atoms with Crippen molar-refractivity contribution in [1.29, 1.82) is 0 Å². The Labute approximate surface area is 192 Å². The molecule has 1 aliphatic heterocycles. The van der Waals surface area contributed by atoms with Crippen molar-refractivity contribution in [2.24, 2.45) is 0 Å². The zero-order valence-corrected chi connectivity index (χ0v) is 18.5. The molecule has 174 valence electrons. The zero-order valence-electron chi connectivity index (χ0n) is 17.6. The number of hydrogen-bond donors (Lipinski definition) is 1. The van der Waals surface area contributed by atoms with Gasteiger partial charge in [0.2, 0.25) is 11.8 Å². The Kier molecular flexibility index (Phi) is 6.77. The maximum Gasteiger partial charge on any atom is 0.416 e. The number of carbonyl (C=O) groups is 2. The van der Waals surface area contributed by atoms with Gasteiger partial charge in [0, 0.05) is 50.9 Å². The Balaban J connectivity index is 1.28. The van der Waals surface area contributed by atoms with Gasteiger partial charge < -0.3 is 15.1 Å². The minimum absolute atomic E-state index is 0.00411. The lowest BCUT2D eigenvalue weighted by Gasteiger charge is -2.21. The van der Waals surface area contributed by atoms with Gasteiger partial charge in [-0.25, -0.2) is 9.97 Å². The minimum Gasteiger partial charge on any atom is -0.346 e. The normalized spacial score (nSPS) is 14.9. The van der Waals surface area contributed by atoms with Gasteiger partial charge in [-0.05, 0) is 36.8 Å². The summed E-state index contributed by atoms with van der Waals surface area (Å²) in [6, 6.07) is 8.19. The van der Waals surface area contributed by atoms with Crippen molar-refractivity contribution >= 4 is 44.3 Å². The van der Waals surface area contributed by atoms with Gasteiger partial charge in [0.05, 0.1) is 5.56 Å². The number of aromatic nitrogens is 2. The monoisotopic (exact) mass is 477 g/mol. The maximum atomic E-state index is 12.8. The summed E-state index contributed by atoms with van der Waals surface area (Å²) >= 11 is 1.52. The van der Waals surface area contributed by atoms with Crippen LogP contribution in [0, 0.1) is 0 Å². The third-order valence-corrected chi connectivity index (χ3v) is 6.35. The molecule has 1 aliphatic rings. The summed E-state index contributed by atoms with van der Waals surface area (Å²) in [6.45, 7) is 2.48. The van der Waals surface area contributed by atoms with Crippen molar-refractivity contribution in [2.45, 2.75) is 25.4 Å². The molecule has 3 aromatic rings. The van der Waals surface area contributed by atoms with Crippen molar-refractivity contribution in [2.75, 3.05) is 36.4 Å². The smallest absolute Gasteiger partial charge is 0.346 e. The number of alkyl halides is 3. The van der Waals surface area contributed by atoms with Crippen LogP contribution in [0.5, 0.6) is 0 Å². The first-order chi connectivity index (χ1) is 15.8. The second kappa shape index (κ2) is 9.74. The average Bonchev–Trinajstić information content (AvgIpc) is 3.06. The Morgan fingerprint density at radius 1 is 1.06 bits per heavy atom. The van der Waals surface area contributed by atoms with Crippen LogP contribution in [0.4, 0.5) is 24.0 Å². The molecule has 33 heavy (non-hydrogen) atoms. The summed E-state index contributed by atoms with van der Waals surface area (Å²) in [7, 11) is 0. The molecule has 2 amide bonds. The third-order valence-electron chi connectivity index (χ3n) is 5.31. The molecule has 0 bridgehead atoms. The van der Waals surface area contributed by atoms with Gasteiger partial charge in [0.25, 0.3) is 0 Å². The summed E-state index contributed by atoms with van der Waals surface area (Å²) in [4.78, 5) is 38.5. The number of hydrogen-bond acceptors (Lipinski definition) is 6. The van der Waals surface area contributed by atoms with Crippen LogP contribution in [-0.4, -0.2) is 52.9 Å². The van der Waals surface area contributed by atoms with Crippen molar-refractivity contribution in [3.8, 4) is 0 Å². The molecule has 11 heteroatoms. The van der Waals surface area contributed by atoms with Crippen LogP contribution in [0.2, 0.25) is 0 Å². The van der Waals surface area contributed by atoms with Crippen LogP contribution < -0.4 is 10.2 Å². The van der Waals surface area contributed by atoms with Crippen LogP contribution >= 0.6 is 11.3 Å². The topological polar surface area (TPSA) is 78.4 Å². The molecule has 0 radical (unpaired) electrons. The Morgan fingerprint density at radius 2 is 1.91 bits per heavy atom. The standard InChI is InChI=1S/C22H22F3N5O2S/c23-22(24,25)15-4-1-5-16(14-15)27-18(31)7-8-19(32)29-10-3-11-30(13-12-29)21-28-17-6-2-9-26-20(17)33-21/h1-2,4-6,9,14H,3,7-8,10-13H2,(H,27,31). The summed E-state index contributed by atoms with van der Waals surface area (Å²) in [5.41, 5.74) is 0.0638. The average molecular weight is 478 g/mol. The molecule has 0 atom stereocenters. The van der Waals surface area contributed by atoms with Crippen molar-refractivity contribution in [1.82, 2.24) is 14.9 Å². The van der Waals surface area contributed by atoms with E-state index in [1.807, 2.05) is 12.1 Å². The number of halogens is 3. The minimum atomic E-state index is -4.49. The van der Waals surface area contributed by atoms with Gasteiger partial charge in [-0.1, -0.05) is 17.4 Å². The number of fused-ring (bicyclic) bond motifs is 1. The molecule has 1 aromatic carbocycles. The Bertz CT molecular complexity index is 1120. The molecule has 7 nitrogen and oxygen atoms in total. The van der Waals surface area contributed by atoms with E-state index < -0.39 is 17.6 Å². The van der Waals surface area contributed by atoms with Gasteiger partial charge in [-0.3, -0.25) is 9.59 Å². The largest absolute Gasteiger partial charge is 0.416 e. The van der Waals surface area contributed by atoms with E-state index in [-0.39, 0.29) is 24.4 Å². The van der Waals surface area contributed by atoms with E-state index in [1.54, 1.807) is 11.1 Å². The van der Waals surface area contributed by atoms with E-state index >= 15 is 0 Å². The molecule has 0 aliphatic carbocycles. The molecule has 0 saturated carbocycles. The quantitative estimate of drug-likeness (QED) is 0.597. The van der Waals surface area contributed by atoms with Crippen LogP contribution in [-0.2, 0) is 15.8 Å². The number of amides is 2. The van der Waals surface area contributed by atoms with E-state index in [0.717, 1.165) is 40.6 Å². The fourth-order valence-corrected chi connectivity index (χ4v) is 4.59. The van der Waals surface area contributed by atoms with E-state index in [0.29, 0.717) is 19.6 Å². The highest BCUT2D eigenvalue weighted by molar-refractivity contribution is 7.21. The Morgan fingerprint density at radius 3 is 2.70 bits per heavy atom. The highest BCUT2D eigenvalue weighted by Gasteiger charge is 2.30. The maximum absolute atomic E-state index is 12.8. The predicted octanol–water partition coefficient (Wildman–Crippen LogP) is 4.17. The lowest BCUT2D eigenvalue weighted by Crippen LogP contribution is -2.35. The fourth-order valence-electron chi connectivity index (χ4n) is 3.63. The first-order valence-electron chi connectivity index (χ1n) is 10.5. The lowest BCUT2D eigenvalue weighted by atomic mass is 10.2. The van der Waals surface area contributed by atoms with Crippen LogP contribution in [0.3, 0.4) is 0 Å². The second-order valence-corrected chi connectivity index (χ2v) is 8.63. The molecule has 0 spiro atoms. The molecule has 3 heterocycles. The highest BCUT2D eigenvalue weighted by Crippen LogP contribution is 2.31. The number of rotatable bonds is 5. The molecule has 0 unspecified atom stereocenters. The molecular weight excluding hydrogens is 455 g/mol. The molecule has 1 fully saturated rings. The molecular formula is C22H22F3N5O2S. The first kappa shape index (κ1) is 23.0. The van der Waals surface area contributed by atoms with E-state index in [4.69, 9.17) is 0 Å². The fraction of sp³-hybridized carbons (Fsp3) is 0.364. The van der Waals surface area contributed by atoms with E-state index in [9.17, 15) is 22.8 Å².